The summed E-state index contributed by atoms with van der Waals surface area (Å²) in [6.45, 7) is 1.97. The van der Waals surface area contributed by atoms with Crippen molar-refractivity contribution in [3.63, 3.8) is 0 Å². The van der Waals surface area contributed by atoms with Gasteiger partial charge in [-0.15, -0.1) is 0 Å². The molecule has 0 saturated carbocycles. The summed E-state index contributed by atoms with van der Waals surface area (Å²) in [5.74, 6) is -1.24. The molecule has 1 atom stereocenters. The van der Waals surface area contributed by atoms with E-state index < -0.39 is 5.97 Å². The zero-order valence-electron chi connectivity index (χ0n) is 9.55. The van der Waals surface area contributed by atoms with Crippen LogP contribution in [0.25, 0.3) is 0 Å². The van der Waals surface area contributed by atoms with E-state index in [0.29, 0.717) is 6.42 Å². The highest BCUT2D eigenvalue weighted by atomic mass is 16.4. The van der Waals surface area contributed by atoms with E-state index in [1.165, 1.54) is 0 Å². The lowest BCUT2D eigenvalue weighted by Gasteiger charge is -2.29. The molecule has 0 radical (unpaired) electrons. The van der Waals surface area contributed by atoms with Gasteiger partial charge in [-0.3, -0.25) is 0 Å². The third-order valence-corrected chi connectivity index (χ3v) is 3.12. The molecule has 1 aliphatic rings. The molecule has 1 unspecified atom stereocenters. The molecular weight excluding hydrogens is 216 g/mol. The molecule has 0 fully saturated rings. The van der Waals surface area contributed by atoms with Crippen LogP contribution in [0.5, 0.6) is 0 Å². The van der Waals surface area contributed by atoms with E-state index in [1.54, 1.807) is 12.2 Å². The molecule has 2 rings (SSSR count). The van der Waals surface area contributed by atoms with Crippen LogP contribution in [0.3, 0.4) is 0 Å². The third kappa shape index (κ3) is 2.09. The number of aliphatic hydroxyl groups is 1. The predicted molar refractivity (Wildman–Crippen MR) is 64.8 cm³/mol. The number of hydrogen-bond donors (Lipinski definition) is 2. The van der Waals surface area contributed by atoms with E-state index in [9.17, 15) is 9.90 Å². The van der Waals surface area contributed by atoms with Gasteiger partial charge in [0.2, 0.25) is 0 Å². The van der Waals surface area contributed by atoms with Gasteiger partial charge in [-0.1, -0.05) is 43.3 Å². The Labute approximate surface area is 99.7 Å². The number of aliphatic carboxylic acids is 1. The van der Waals surface area contributed by atoms with Gasteiger partial charge in [0.05, 0.1) is 5.57 Å². The molecule has 88 valence electrons. The standard InChI is InChI=1S/C14H14O3/c1-14(10-5-3-2-4-6-10)8-7-12(15)11(9-14)13(16)17/h2-7,9,15H,8H2,1H3,(H,16,17). The summed E-state index contributed by atoms with van der Waals surface area (Å²) >= 11 is 0. The van der Waals surface area contributed by atoms with Crippen molar-refractivity contribution in [3.8, 4) is 0 Å². The van der Waals surface area contributed by atoms with Crippen molar-refractivity contribution >= 4 is 5.97 Å². The Morgan fingerprint density at radius 3 is 2.53 bits per heavy atom. The normalized spacial score (nSPS) is 23.8. The number of carboxylic acids is 1. The fourth-order valence-electron chi connectivity index (χ4n) is 2.06. The van der Waals surface area contributed by atoms with E-state index in [0.717, 1.165) is 5.56 Å². The molecule has 1 aromatic carbocycles. The molecule has 0 amide bonds. The topological polar surface area (TPSA) is 57.5 Å². The molecule has 17 heavy (non-hydrogen) atoms. The number of benzene rings is 1. The molecule has 0 saturated heterocycles. The van der Waals surface area contributed by atoms with Crippen molar-refractivity contribution in [2.24, 2.45) is 0 Å². The molecule has 1 aromatic rings. The molecule has 0 heterocycles. The average Bonchev–Trinajstić information content (AvgIpc) is 2.33. The summed E-state index contributed by atoms with van der Waals surface area (Å²) in [5.41, 5.74) is 0.645. The maximum atomic E-state index is 11.0. The number of hydrogen-bond acceptors (Lipinski definition) is 2. The fourth-order valence-corrected chi connectivity index (χ4v) is 2.06. The van der Waals surface area contributed by atoms with E-state index in [2.05, 4.69) is 0 Å². The van der Waals surface area contributed by atoms with Crippen LogP contribution < -0.4 is 0 Å². The first-order chi connectivity index (χ1) is 8.03. The second-order valence-corrected chi connectivity index (χ2v) is 4.44. The van der Waals surface area contributed by atoms with Crippen LogP contribution in [0.2, 0.25) is 0 Å². The Kier molecular flexibility index (Phi) is 2.76. The first kappa shape index (κ1) is 11.5. The van der Waals surface area contributed by atoms with Crippen molar-refractivity contribution in [3.05, 3.63) is 59.4 Å². The van der Waals surface area contributed by atoms with Crippen molar-refractivity contribution < 1.29 is 15.0 Å². The lowest BCUT2D eigenvalue weighted by Crippen LogP contribution is -2.24. The Hall–Kier alpha value is -2.03. The molecule has 3 heteroatoms. The predicted octanol–water partition coefficient (Wildman–Crippen LogP) is 2.80. The molecule has 0 aliphatic heterocycles. The van der Waals surface area contributed by atoms with Gasteiger partial charge in [-0.25, -0.2) is 4.79 Å². The zero-order chi connectivity index (χ0) is 12.5. The molecular formula is C14H14O3. The summed E-state index contributed by atoms with van der Waals surface area (Å²) in [4.78, 5) is 11.0. The monoisotopic (exact) mass is 230 g/mol. The lowest BCUT2D eigenvalue weighted by atomic mass is 9.75. The Balaban J connectivity index is 2.45. The zero-order valence-corrected chi connectivity index (χ0v) is 9.55. The summed E-state index contributed by atoms with van der Waals surface area (Å²) in [6, 6.07) is 9.70. The number of carboxylic acid groups (broad SMARTS) is 1. The van der Waals surface area contributed by atoms with Crippen LogP contribution in [0.4, 0.5) is 0 Å². The fraction of sp³-hybridized carbons (Fsp3) is 0.214. The second kappa shape index (κ2) is 4.09. The molecule has 2 N–H and O–H groups in total. The third-order valence-electron chi connectivity index (χ3n) is 3.12. The highest BCUT2D eigenvalue weighted by molar-refractivity contribution is 5.91. The van der Waals surface area contributed by atoms with Crippen LogP contribution in [0.1, 0.15) is 18.9 Å². The van der Waals surface area contributed by atoms with Crippen molar-refractivity contribution in [1.82, 2.24) is 0 Å². The molecule has 0 bridgehead atoms. The smallest absolute Gasteiger partial charge is 0.339 e. The van der Waals surface area contributed by atoms with Gasteiger partial charge in [-0.2, -0.15) is 0 Å². The lowest BCUT2D eigenvalue weighted by molar-refractivity contribution is -0.132. The van der Waals surface area contributed by atoms with Gasteiger partial charge in [0, 0.05) is 5.41 Å². The van der Waals surface area contributed by atoms with Gasteiger partial charge in [-0.05, 0) is 18.1 Å². The van der Waals surface area contributed by atoms with Crippen LogP contribution in [-0.2, 0) is 10.2 Å². The van der Waals surface area contributed by atoms with Crippen molar-refractivity contribution in [2.45, 2.75) is 18.8 Å². The average molecular weight is 230 g/mol. The van der Waals surface area contributed by atoms with E-state index in [4.69, 9.17) is 5.11 Å². The van der Waals surface area contributed by atoms with Crippen LogP contribution in [0.15, 0.2) is 53.8 Å². The van der Waals surface area contributed by atoms with Crippen molar-refractivity contribution in [2.75, 3.05) is 0 Å². The Bertz CT molecular complexity index is 499. The maximum absolute atomic E-state index is 11.0. The van der Waals surface area contributed by atoms with Crippen LogP contribution >= 0.6 is 0 Å². The van der Waals surface area contributed by atoms with Crippen LogP contribution in [-0.4, -0.2) is 16.2 Å². The molecule has 0 aromatic heterocycles. The Morgan fingerprint density at radius 2 is 1.94 bits per heavy atom. The summed E-state index contributed by atoms with van der Waals surface area (Å²) in [7, 11) is 0. The van der Waals surface area contributed by atoms with Gasteiger partial charge >= 0.3 is 5.97 Å². The largest absolute Gasteiger partial charge is 0.507 e. The first-order valence-corrected chi connectivity index (χ1v) is 5.44. The maximum Gasteiger partial charge on any atom is 0.339 e. The molecule has 1 aliphatic carbocycles. The minimum absolute atomic E-state index is 0.0254. The quantitative estimate of drug-likeness (QED) is 0.821. The second-order valence-electron chi connectivity index (χ2n) is 4.44. The molecule has 3 nitrogen and oxygen atoms in total. The van der Waals surface area contributed by atoms with E-state index in [1.807, 2.05) is 37.3 Å². The summed E-state index contributed by atoms with van der Waals surface area (Å²) in [5, 5.41) is 18.5. The van der Waals surface area contributed by atoms with Crippen LogP contribution in [0, 0.1) is 0 Å². The van der Waals surface area contributed by atoms with E-state index in [-0.39, 0.29) is 16.7 Å². The van der Waals surface area contributed by atoms with Gasteiger partial charge in [0.1, 0.15) is 5.76 Å². The number of rotatable bonds is 2. The van der Waals surface area contributed by atoms with E-state index >= 15 is 0 Å². The summed E-state index contributed by atoms with van der Waals surface area (Å²) in [6.07, 6.45) is 3.79. The highest BCUT2D eigenvalue weighted by Gasteiger charge is 2.30. The SMILES string of the molecule is CC1(c2ccccc2)C=C(C(=O)O)C(O)=CC1. The number of aliphatic hydroxyl groups excluding tert-OH is 1. The van der Waals surface area contributed by atoms with Crippen molar-refractivity contribution in [1.29, 1.82) is 0 Å². The summed E-state index contributed by atoms with van der Waals surface area (Å²) < 4.78 is 0. The van der Waals surface area contributed by atoms with Gasteiger partial charge < -0.3 is 10.2 Å². The molecule has 0 spiro atoms. The number of carbonyl (C=O) groups is 1. The highest BCUT2D eigenvalue weighted by Crippen LogP contribution is 2.35. The van der Waals surface area contributed by atoms with Gasteiger partial charge in [0.25, 0.3) is 0 Å². The Morgan fingerprint density at radius 1 is 1.29 bits per heavy atom. The number of allylic oxidation sites excluding steroid dienone is 2. The minimum Gasteiger partial charge on any atom is -0.507 e. The first-order valence-electron chi connectivity index (χ1n) is 5.44. The van der Waals surface area contributed by atoms with Gasteiger partial charge in [0.15, 0.2) is 0 Å². The minimum atomic E-state index is -1.10.